The van der Waals surface area contributed by atoms with Gasteiger partial charge in [0.1, 0.15) is 0 Å². The van der Waals surface area contributed by atoms with Gasteiger partial charge in [-0.1, -0.05) is 37.3 Å². The van der Waals surface area contributed by atoms with E-state index in [1.54, 1.807) is 0 Å². The molecule has 0 saturated heterocycles. The maximum absolute atomic E-state index is 12.7. The van der Waals surface area contributed by atoms with Gasteiger partial charge in [0.15, 0.2) is 5.69 Å². The summed E-state index contributed by atoms with van der Waals surface area (Å²) in [6.07, 6.45) is 2.86. The lowest BCUT2D eigenvalue weighted by molar-refractivity contribution is 0.0238. The largest absolute Gasteiger partial charge is 0.393 e. The number of H-pyrrole nitrogens is 1. The third kappa shape index (κ3) is 3.51. The van der Waals surface area contributed by atoms with Crippen LogP contribution in [0.2, 0.25) is 0 Å². The molecule has 1 amide bonds. The summed E-state index contributed by atoms with van der Waals surface area (Å²) in [6.45, 7) is 3.96. The second kappa shape index (κ2) is 7.18. The van der Waals surface area contributed by atoms with Crippen LogP contribution >= 0.6 is 0 Å². The van der Waals surface area contributed by atoms with Crippen LogP contribution in [-0.2, 0) is 12.8 Å². The summed E-state index contributed by atoms with van der Waals surface area (Å²) < 4.78 is 0. The van der Waals surface area contributed by atoms with Crippen molar-refractivity contribution in [1.29, 1.82) is 0 Å². The van der Waals surface area contributed by atoms with E-state index in [9.17, 15) is 9.90 Å². The topological polar surface area (TPSA) is 78.0 Å². The number of aliphatic hydroxyl groups is 1. The number of nitrogens with zero attached hydrogens (tertiary/aromatic N) is 1. The number of aryl methyl sites for hydroxylation is 1. The highest BCUT2D eigenvalue weighted by atomic mass is 16.3. The second-order valence-corrected chi connectivity index (χ2v) is 6.68. The number of carbonyl (C=O) groups excluding carboxylic acids is 1. The van der Waals surface area contributed by atoms with E-state index in [1.807, 2.05) is 32.0 Å². The molecule has 0 radical (unpaired) electrons. The Morgan fingerprint density at radius 3 is 2.67 bits per heavy atom. The molecule has 1 unspecified atom stereocenters. The van der Waals surface area contributed by atoms with Crippen LogP contribution in [0.15, 0.2) is 30.3 Å². The molecule has 1 aromatic carbocycles. The van der Waals surface area contributed by atoms with Crippen molar-refractivity contribution in [3.63, 3.8) is 0 Å². The van der Waals surface area contributed by atoms with Gasteiger partial charge in [0.05, 0.1) is 6.10 Å². The lowest BCUT2D eigenvalue weighted by atomic mass is 9.75. The molecule has 1 saturated carbocycles. The number of hydrogen-bond donors (Lipinski definition) is 3. The van der Waals surface area contributed by atoms with E-state index < -0.39 is 0 Å². The lowest BCUT2D eigenvalue weighted by Gasteiger charge is -2.38. The summed E-state index contributed by atoms with van der Waals surface area (Å²) in [5.74, 6) is 0.180. The molecule has 1 fully saturated rings. The standard InChI is InChI=1S/C19H25N3O2/c1-3-16-12(2)18(22-21-16)19(24)20-17(14-10-15(23)11-14)9-13-7-5-4-6-8-13/h4-8,14-15,17,23H,3,9-11H2,1-2H3,(H,20,24)(H,21,22). The number of hydrogen-bond acceptors (Lipinski definition) is 3. The minimum atomic E-state index is -0.232. The number of amides is 1. The predicted octanol–water partition coefficient (Wildman–Crippen LogP) is 2.39. The SMILES string of the molecule is CCc1[nH]nc(C(=O)NC(Cc2ccccc2)C2CC(O)C2)c1C. The van der Waals surface area contributed by atoms with Crippen molar-refractivity contribution in [2.45, 2.75) is 51.7 Å². The van der Waals surface area contributed by atoms with E-state index in [4.69, 9.17) is 0 Å². The number of carbonyl (C=O) groups is 1. The summed E-state index contributed by atoms with van der Waals surface area (Å²) in [7, 11) is 0. The van der Waals surface area contributed by atoms with Gasteiger partial charge in [0, 0.05) is 17.3 Å². The lowest BCUT2D eigenvalue weighted by Crippen LogP contribution is -2.48. The molecule has 1 atom stereocenters. The van der Waals surface area contributed by atoms with E-state index >= 15 is 0 Å². The molecule has 1 aliphatic rings. The molecule has 0 aliphatic heterocycles. The second-order valence-electron chi connectivity index (χ2n) is 6.68. The number of aromatic amines is 1. The summed E-state index contributed by atoms with van der Waals surface area (Å²) >= 11 is 0. The minimum Gasteiger partial charge on any atom is -0.393 e. The van der Waals surface area contributed by atoms with Crippen molar-refractivity contribution < 1.29 is 9.90 Å². The van der Waals surface area contributed by atoms with Crippen LogP contribution in [0.25, 0.3) is 0 Å². The number of rotatable bonds is 6. The van der Waals surface area contributed by atoms with Crippen LogP contribution < -0.4 is 5.32 Å². The Hall–Kier alpha value is -2.14. The molecular formula is C19H25N3O2. The molecule has 1 aliphatic carbocycles. The van der Waals surface area contributed by atoms with Gasteiger partial charge in [0.25, 0.3) is 5.91 Å². The summed E-state index contributed by atoms with van der Waals surface area (Å²) in [6, 6.07) is 10.2. The first-order valence-corrected chi connectivity index (χ1v) is 8.65. The van der Waals surface area contributed by atoms with E-state index in [1.165, 1.54) is 5.56 Å². The molecule has 24 heavy (non-hydrogen) atoms. The molecule has 1 aromatic heterocycles. The molecule has 3 rings (SSSR count). The first kappa shape index (κ1) is 16.7. The van der Waals surface area contributed by atoms with Crippen LogP contribution in [0.3, 0.4) is 0 Å². The van der Waals surface area contributed by atoms with Gasteiger partial charge in [-0.3, -0.25) is 9.89 Å². The van der Waals surface area contributed by atoms with Crippen molar-refractivity contribution in [2.24, 2.45) is 5.92 Å². The fourth-order valence-electron chi connectivity index (χ4n) is 3.40. The first-order valence-electron chi connectivity index (χ1n) is 8.65. The van der Waals surface area contributed by atoms with Crippen molar-refractivity contribution in [3.05, 3.63) is 52.8 Å². The Labute approximate surface area is 142 Å². The third-order valence-electron chi connectivity index (χ3n) is 5.01. The third-order valence-corrected chi connectivity index (χ3v) is 5.01. The van der Waals surface area contributed by atoms with Gasteiger partial charge in [-0.05, 0) is 44.1 Å². The van der Waals surface area contributed by atoms with Gasteiger partial charge < -0.3 is 10.4 Å². The number of nitrogens with one attached hydrogen (secondary N) is 2. The molecule has 5 nitrogen and oxygen atoms in total. The molecule has 2 aromatic rings. The molecule has 5 heteroatoms. The Bertz CT molecular complexity index is 690. The summed E-state index contributed by atoms with van der Waals surface area (Å²) in [5, 5.41) is 19.9. The molecule has 1 heterocycles. The van der Waals surface area contributed by atoms with Gasteiger partial charge in [0.2, 0.25) is 0 Å². The summed E-state index contributed by atoms with van der Waals surface area (Å²) in [4.78, 5) is 12.7. The van der Waals surface area contributed by atoms with Crippen LogP contribution in [-0.4, -0.2) is 33.4 Å². The predicted molar refractivity (Wildman–Crippen MR) is 92.8 cm³/mol. The normalized spacial score (nSPS) is 21.1. The van der Waals surface area contributed by atoms with Gasteiger partial charge in [-0.25, -0.2) is 0 Å². The quantitative estimate of drug-likeness (QED) is 0.762. The Balaban J connectivity index is 1.73. The average Bonchev–Trinajstić information content (AvgIpc) is 2.93. The maximum atomic E-state index is 12.7. The average molecular weight is 327 g/mol. The van der Waals surface area contributed by atoms with E-state index in [2.05, 4.69) is 27.6 Å². The zero-order valence-corrected chi connectivity index (χ0v) is 14.2. The fourth-order valence-corrected chi connectivity index (χ4v) is 3.40. The number of aromatic nitrogens is 2. The Morgan fingerprint density at radius 1 is 1.38 bits per heavy atom. The maximum Gasteiger partial charge on any atom is 0.272 e. The zero-order chi connectivity index (χ0) is 17.1. The van der Waals surface area contributed by atoms with Crippen LogP contribution in [0.1, 0.15) is 47.1 Å². The van der Waals surface area contributed by atoms with Crippen molar-refractivity contribution >= 4 is 5.91 Å². The number of benzene rings is 1. The Morgan fingerprint density at radius 2 is 2.08 bits per heavy atom. The fraction of sp³-hybridized carbons (Fsp3) is 0.474. The molecule has 128 valence electrons. The van der Waals surface area contributed by atoms with Gasteiger partial charge in [-0.15, -0.1) is 0 Å². The first-order chi connectivity index (χ1) is 11.6. The smallest absolute Gasteiger partial charge is 0.272 e. The molecule has 0 bridgehead atoms. The Kier molecular flexibility index (Phi) is 5.00. The zero-order valence-electron chi connectivity index (χ0n) is 14.2. The van der Waals surface area contributed by atoms with Crippen LogP contribution in [0.4, 0.5) is 0 Å². The van der Waals surface area contributed by atoms with E-state index in [0.29, 0.717) is 11.6 Å². The molecule has 0 spiro atoms. The highest BCUT2D eigenvalue weighted by Crippen LogP contribution is 2.32. The minimum absolute atomic E-state index is 0.0180. The van der Waals surface area contributed by atoms with Crippen LogP contribution in [0.5, 0.6) is 0 Å². The summed E-state index contributed by atoms with van der Waals surface area (Å²) in [5.41, 5.74) is 3.59. The van der Waals surface area contributed by atoms with Crippen molar-refractivity contribution in [3.8, 4) is 0 Å². The number of aliphatic hydroxyl groups excluding tert-OH is 1. The van der Waals surface area contributed by atoms with E-state index in [-0.39, 0.29) is 18.1 Å². The van der Waals surface area contributed by atoms with Gasteiger partial charge >= 0.3 is 0 Å². The van der Waals surface area contributed by atoms with Gasteiger partial charge in [-0.2, -0.15) is 5.10 Å². The van der Waals surface area contributed by atoms with Crippen LogP contribution in [0, 0.1) is 12.8 Å². The van der Waals surface area contributed by atoms with Crippen molar-refractivity contribution in [2.75, 3.05) is 0 Å². The monoisotopic (exact) mass is 327 g/mol. The van der Waals surface area contributed by atoms with Crippen molar-refractivity contribution in [1.82, 2.24) is 15.5 Å². The van der Waals surface area contributed by atoms with E-state index in [0.717, 1.165) is 36.9 Å². The molecule has 3 N–H and O–H groups in total. The highest BCUT2D eigenvalue weighted by Gasteiger charge is 2.35. The highest BCUT2D eigenvalue weighted by molar-refractivity contribution is 5.94. The molecular weight excluding hydrogens is 302 g/mol.